The van der Waals surface area contributed by atoms with Crippen LogP contribution in [-0.2, 0) is 6.54 Å². The normalized spacial score (nSPS) is 9.92. The van der Waals surface area contributed by atoms with Crippen LogP contribution in [0.4, 0.5) is 5.82 Å². The van der Waals surface area contributed by atoms with Crippen LogP contribution in [-0.4, -0.2) is 23.6 Å². The van der Waals surface area contributed by atoms with Crippen LogP contribution >= 0.6 is 0 Å². The maximum absolute atomic E-state index is 5.45. The number of nitrogens with zero attached hydrogens (tertiary/aromatic N) is 3. The lowest BCUT2D eigenvalue weighted by Gasteiger charge is -2.15. The van der Waals surface area contributed by atoms with Crippen LogP contribution in [0.3, 0.4) is 0 Å². The van der Waals surface area contributed by atoms with Crippen LogP contribution in [0, 0.1) is 0 Å². The topological polar surface area (TPSA) is 55.0 Å². The molecule has 66 valence electrons. The van der Waals surface area contributed by atoms with Crippen molar-refractivity contribution in [1.29, 1.82) is 0 Å². The molecule has 0 aliphatic rings. The third-order valence-electron chi connectivity index (χ3n) is 1.78. The molecule has 1 rings (SSSR count). The molecular weight excluding hydrogens is 152 g/mol. The standard InChI is InChI=1S/C8H14N4/c1-3-12(2)8-4-7(5-9)10-6-11-8/h4,6H,3,5,9H2,1-2H3. The monoisotopic (exact) mass is 166 g/mol. The van der Waals surface area contributed by atoms with Gasteiger partial charge in [-0.15, -0.1) is 0 Å². The summed E-state index contributed by atoms with van der Waals surface area (Å²) in [6.07, 6.45) is 1.55. The van der Waals surface area contributed by atoms with Crippen molar-refractivity contribution in [3.05, 3.63) is 18.1 Å². The lowest BCUT2D eigenvalue weighted by atomic mass is 10.4. The summed E-state index contributed by atoms with van der Waals surface area (Å²) in [5, 5.41) is 0. The van der Waals surface area contributed by atoms with Gasteiger partial charge in [0.05, 0.1) is 5.69 Å². The van der Waals surface area contributed by atoms with E-state index < -0.39 is 0 Å². The predicted octanol–water partition coefficient (Wildman–Crippen LogP) is 0.391. The van der Waals surface area contributed by atoms with E-state index in [0.717, 1.165) is 18.1 Å². The molecule has 0 amide bonds. The van der Waals surface area contributed by atoms with Crippen LogP contribution in [0.25, 0.3) is 0 Å². The molecule has 0 radical (unpaired) electrons. The van der Waals surface area contributed by atoms with E-state index in [1.165, 1.54) is 0 Å². The molecule has 1 heterocycles. The molecular formula is C8H14N4. The largest absolute Gasteiger partial charge is 0.360 e. The molecule has 12 heavy (non-hydrogen) atoms. The zero-order valence-electron chi connectivity index (χ0n) is 7.49. The van der Waals surface area contributed by atoms with Crippen molar-refractivity contribution >= 4 is 5.82 Å². The minimum atomic E-state index is 0.465. The fourth-order valence-corrected chi connectivity index (χ4v) is 0.868. The van der Waals surface area contributed by atoms with Gasteiger partial charge in [0.25, 0.3) is 0 Å². The van der Waals surface area contributed by atoms with Gasteiger partial charge in [0.1, 0.15) is 12.1 Å². The zero-order chi connectivity index (χ0) is 8.97. The highest BCUT2D eigenvalue weighted by atomic mass is 15.2. The third-order valence-corrected chi connectivity index (χ3v) is 1.78. The van der Waals surface area contributed by atoms with E-state index in [1.54, 1.807) is 6.33 Å². The average molecular weight is 166 g/mol. The lowest BCUT2D eigenvalue weighted by molar-refractivity contribution is 0.900. The van der Waals surface area contributed by atoms with Crippen molar-refractivity contribution in [2.45, 2.75) is 13.5 Å². The molecule has 0 bridgehead atoms. The fourth-order valence-electron chi connectivity index (χ4n) is 0.868. The number of rotatable bonds is 3. The molecule has 0 saturated heterocycles. The Morgan fingerprint density at radius 2 is 2.25 bits per heavy atom. The van der Waals surface area contributed by atoms with Gasteiger partial charge in [-0.1, -0.05) is 0 Å². The highest BCUT2D eigenvalue weighted by Crippen LogP contribution is 2.07. The molecule has 0 saturated carbocycles. The highest BCUT2D eigenvalue weighted by molar-refractivity contribution is 5.37. The summed E-state index contributed by atoms with van der Waals surface area (Å²) in [4.78, 5) is 10.2. The second-order valence-corrected chi connectivity index (χ2v) is 2.59. The Kier molecular flexibility index (Phi) is 2.99. The second-order valence-electron chi connectivity index (χ2n) is 2.59. The minimum absolute atomic E-state index is 0.465. The van der Waals surface area contributed by atoms with Gasteiger partial charge < -0.3 is 10.6 Å². The van der Waals surface area contributed by atoms with Crippen LogP contribution in [0.1, 0.15) is 12.6 Å². The summed E-state index contributed by atoms with van der Waals surface area (Å²) in [5.74, 6) is 0.924. The van der Waals surface area contributed by atoms with E-state index in [1.807, 2.05) is 18.0 Å². The zero-order valence-corrected chi connectivity index (χ0v) is 7.49. The molecule has 0 spiro atoms. The first kappa shape index (κ1) is 8.93. The van der Waals surface area contributed by atoms with Crippen molar-refractivity contribution in [2.75, 3.05) is 18.5 Å². The van der Waals surface area contributed by atoms with Crippen molar-refractivity contribution in [3.63, 3.8) is 0 Å². The van der Waals surface area contributed by atoms with Gasteiger partial charge in [-0.3, -0.25) is 0 Å². The Morgan fingerprint density at radius 1 is 1.50 bits per heavy atom. The molecule has 1 aromatic rings. The summed E-state index contributed by atoms with van der Waals surface area (Å²) in [5.41, 5.74) is 6.33. The van der Waals surface area contributed by atoms with Crippen molar-refractivity contribution in [2.24, 2.45) is 5.73 Å². The minimum Gasteiger partial charge on any atom is -0.360 e. The summed E-state index contributed by atoms with van der Waals surface area (Å²) in [6.45, 7) is 3.47. The van der Waals surface area contributed by atoms with Gasteiger partial charge in [-0.2, -0.15) is 0 Å². The lowest BCUT2D eigenvalue weighted by Crippen LogP contribution is -2.17. The van der Waals surface area contributed by atoms with Gasteiger partial charge in [-0.25, -0.2) is 9.97 Å². The molecule has 0 unspecified atom stereocenters. The first-order valence-electron chi connectivity index (χ1n) is 4.00. The van der Waals surface area contributed by atoms with Gasteiger partial charge in [0.2, 0.25) is 0 Å². The summed E-state index contributed by atoms with van der Waals surface area (Å²) in [6, 6.07) is 1.91. The van der Waals surface area contributed by atoms with Crippen LogP contribution in [0.2, 0.25) is 0 Å². The Bertz CT molecular complexity index is 249. The quantitative estimate of drug-likeness (QED) is 0.705. The third kappa shape index (κ3) is 1.92. The SMILES string of the molecule is CCN(C)c1cc(CN)ncn1. The average Bonchev–Trinajstić information content (AvgIpc) is 2.17. The first-order chi connectivity index (χ1) is 5.77. The number of nitrogens with two attached hydrogens (primary N) is 1. The van der Waals surface area contributed by atoms with E-state index in [-0.39, 0.29) is 0 Å². The Labute approximate surface area is 72.4 Å². The van der Waals surface area contributed by atoms with Gasteiger partial charge in [0, 0.05) is 26.2 Å². The second kappa shape index (κ2) is 4.01. The Balaban J connectivity index is 2.86. The van der Waals surface area contributed by atoms with E-state index in [2.05, 4.69) is 16.9 Å². The predicted molar refractivity (Wildman–Crippen MR) is 48.9 cm³/mol. The molecule has 0 atom stereocenters. The van der Waals surface area contributed by atoms with Gasteiger partial charge >= 0.3 is 0 Å². The van der Waals surface area contributed by atoms with Crippen LogP contribution in [0.15, 0.2) is 12.4 Å². The molecule has 4 nitrogen and oxygen atoms in total. The number of aromatic nitrogens is 2. The molecule has 2 N–H and O–H groups in total. The maximum Gasteiger partial charge on any atom is 0.131 e. The summed E-state index contributed by atoms with van der Waals surface area (Å²) in [7, 11) is 1.99. The fraction of sp³-hybridized carbons (Fsp3) is 0.500. The van der Waals surface area contributed by atoms with E-state index in [9.17, 15) is 0 Å². The Morgan fingerprint density at radius 3 is 2.83 bits per heavy atom. The Hall–Kier alpha value is -1.16. The molecule has 0 fully saturated rings. The van der Waals surface area contributed by atoms with Crippen LogP contribution < -0.4 is 10.6 Å². The van der Waals surface area contributed by atoms with Gasteiger partial charge in [0.15, 0.2) is 0 Å². The summed E-state index contributed by atoms with van der Waals surface area (Å²) < 4.78 is 0. The number of hydrogen-bond donors (Lipinski definition) is 1. The number of hydrogen-bond acceptors (Lipinski definition) is 4. The highest BCUT2D eigenvalue weighted by Gasteiger charge is 2.00. The number of anilines is 1. The smallest absolute Gasteiger partial charge is 0.131 e. The molecule has 0 aliphatic heterocycles. The van der Waals surface area contributed by atoms with Crippen molar-refractivity contribution in [1.82, 2.24) is 9.97 Å². The van der Waals surface area contributed by atoms with Crippen molar-refractivity contribution < 1.29 is 0 Å². The van der Waals surface area contributed by atoms with E-state index in [0.29, 0.717) is 6.54 Å². The van der Waals surface area contributed by atoms with E-state index in [4.69, 9.17) is 5.73 Å². The molecule has 4 heteroatoms. The first-order valence-corrected chi connectivity index (χ1v) is 4.00. The maximum atomic E-state index is 5.45. The summed E-state index contributed by atoms with van der Waals surface area (Å²) >= 11 is 0. The van der Waals surface area contributed by atoms with Crippen molar-refractivity contribution in [3.8, 4) is 0 Å². The van der Waals surface area contributed by atoms with Gasteiger partial charge in [-0.05, 0) is 6.92 Å². The molecule has 1 aromatic heterocycles. The molecule has 0 aliphatic carbocycles. The van der Waals surface area contributed by atoms with E-state index >= 15 is 0 Å². The van der Waals surface area contributed by atoms with Crippen LogP contribution in [0.5, 0.6) is 0 Å². The molecule has 0 aromatic carbocycles.